The smallest absolute Gasteiger partial charge is 0.127 e. The number of nitrogens with one attached hydrogen (secondary N) is 2. The number of nitrogens with zero attached hydrogens (tertiary/aromatic N) is 4. The predicted octanol–water partition coefficient (Wildman–Crippen LogP) is 3.08. The van der Waals surface area contributed by atoms with E-state index in [9.17, 15) is 0 Å². The highest BCUT2D eigenvalue weighted by molar-refractivity contribution is 5.62. The Balaban J connectivity index is 1.55. The van der Waals surface area contributed by atoms with Gasteiger partial charge in [-0.25, -0.2) is 4.98 Å². The van der Waals surface area contributed by atoms with Gasteiger partial charge in [0.2, 0.25) is 0 Å². The van der Waals surface area contributed by atoms with Crippen molar-refractivity contribution in [2.75, 3.05) is 0 Å². The van der Waals surface area contributed by atoms with E-state index in [0.717, 1.165) is 29.1 Å². The standard InChI is InChI=1S/C20H20N6/c1-26-14-18(13-25-26)17-4-2-3-15(11-17)12-24-19(20-22-9-10-23-20)16-5-7-21-8-6-16/h2-11,13-14,19,24H,12H2,1H3,(H,22,23). The van der Waals surface area contributed by atoms with Gasteiger partial charge in [0.25, 0.3) is 0 Å². The van der Waals surface area contributed by atoms with Crippen molar-refractivity contribution in [2.24, 2.45) is 7.05 Å². The molecule has 0 radical (unpaired) electrons. The maximum absolute atomic E-state index is 4.42. The monoisotopic (exact) mass is 344 g/mol. The lowest BCUT2D eigenvalue weighted by atomic mass is 10.0. The Hall–Kier alpha value is -3.25. The van der Waals surface area contributed by atoms with Crippen LogP contribution >= 0.6 is 0 Å². The molecule has 3 aromatic heterocycles. The van der Waals surface area contributed by atoms with Crippen molar-refractivity contribution in [3.8, 4) is 11.1 Å². The van der Waals surface area contributed by atoms with Crippen molar-refractivity contribution < 1.29 is 0 Å². The van der Waals surface area contributed by atoms with Gasteiger partial charge in [-0.1, -0.05) is 18.2 Å². The lowest BCUT2D eigenvalue weighted by Gasteiger charge is -2.17. The summed E-state index contributed by atoms with van der Waals surface area (Å²) in [5.41, 5.74) is 4.61. The number of aryl methyl sites for hydroxylation is 1. The molecule has 4 aromatic rings. The molecular formula is C20H20N6. The Morgan fingerprint density at radius 2 is 2.00 bits per heavy atom. The Morgan fingerprint density at radius 1 is 1.12 bits per heavy atom. The first-order valence-corrected chi connectivity index (χ1v) is 8.50. The molecular weight excluding hydrogens is 324 g/mol. The molecule has 0 saturated carbocycles. The largest absolute Gasteiger partial charge is 0.347 e. The minimum Gasteiger partial charge on any atom is -0.347 e. The van der Waals surface area contributed by atoms with Crippen molar-refractivity contribution in [3.05, 3.63) is 90.5 Å². The first-order valence-electron chi connectivity index (χ1n) is 8.50. The van der Waals surface area contributed by atoms with Crippen molar-refractivity contribution >= 4 is 0 Å². The lowest BCUT2D eigenvalue weighted by Crippen LogP contribution is -2.23. The molecule has 6 heteroatoms. The minimum atomic E-state index is -0.0185. The Morgan fingerprint density at radius 3 is 2.73 bits per heavy atom. The number of hydrogen-bond acceptors (Lipinski definition) is 4. The van der Waals surface area contributed by atoms with Crippen LogP contribution in [0.15, 0.2) is 73.6 Å². The number of pyridine rings is 1. The zero-order valence-corrected chi connectivity index (χ0v) is 14.5. The van der Waals surface area contributed by atoms with Gasteiger partial charge in [0.1, 0.15) is 5.82 Å². The lowest BCUT2D eigenvalue weighted by molar-refractivity contribution is 0.580. The maximum atomic E-state index is 4.42. The Labute approximate surface area is 152 Å². The van der Waals surface area contributed by atoms with Crippen LogP contribution in [-0.2, 0) is 13.6 Å². The third-order valence-electron chi connectivity index (χ3n) is 4.31. The average molecular weight is 344 g/mol. The Bertz CT molecular complexity index is 959. The summed E-state index contributed by atoms with van der Waals surface area (Å²) in [5.74, 6) is 0.889. The van der Waals surface area contributed by atoms with E-state index in [1.165, 1.54) is 5.56 Å². The zero-order valence-electron chi connectivity index (χ0n) is 14.5. The fraction of sp³-hybridized carbons (Fsp3) is 0.150. The van der Waals surface area contributed by atoms with Crippen LogP contribution in [0, 0.1) is 0 Å². The van der Waals surface area contributed by atoms with Gasteiger partial charge in [0.15, 0.2) is 0 Å². The summed E-state index contributed by atoms with van der Waals surface area (Å²) in [4.78, 5) is 11.7. The molecule has 6 nitrogen and oxygen atoms in total. The van der Waals surface area contributed by atoms with Crippen LogP contribution in [0.25, 0.3) is 11.1 Å². The second kappa shape index (κ2) is 7.33. The highest BCUT2D eigenvalue weighted by Gasteiger charge is 2.16. The van der Waals surface area contributed by atoms with Crippen LogP contribution in [0.5, 0.6) is 0 Å². The van der Waals surface area contributed by atoms with E-state index in [4.69, 9.17) is 0 Å². The summed E-state index contributed by atoms with van der Waals surface area (Å²) >= 11 is 0. The van der Waals surface area contributed by atoms with E-state index in [0.29, 0.717) is 0 Å². The van der Waals surface area contributed by atoms with Crippen molar-refractivity contribution in [1.29, 1.82) is 0 Å². The molecule has 130 valence electrons. The van der Waals surface area contributed by atoms with Crippen molar-refractivity contribution in [1.82, 2.24) is 30.0 Å². The van der Waals surface area contributed by atoms with Gasteiger partial charge >= 0.3 is 0 Å². The van der Waals surface area contributed by atoms with Gasteiger partial charge in [-0.2, -0.15) is 5.10 Å². The topological polar surface area (TPSA) is 71.4 Å². The molecule has 0 amide bonds. The molecule has 26 heavy (non-hydrogen) atoms. The third-order valence-corrected chi connectivity index (χ3v) is 4.31. The van der Waals surface area contributed by atoms with Crippen LogP contribution in [0.2, 0.25) is 0 Å². The SMILES string of the molecule is Cn1cc(-c2cccc(CNC(c3ccncc3)c3ncc[nH]3)c2)cn1. The molecule has 0 aliphatic carbocycles. The molecule has 2 N–H and O–H groups in total. The van der Waals surface area contributed by atoms with Crippen LogP contribution < -0.4 is 5.32 Å². The Kier molecular flexibility index (Phi) is 4.57. The summed E-state index contributed by atoms with van der Waals surface area (Å²) in [5, 5.41) is 7.85. The second-order valence-corrected chi connectivity index (χ2v) is 6.17. The summed E-state index contributed by atoms with van der Waals surface area (Å²) in [7, 11) is 1.93. The number of H-pyrrole nitrogens is 1. The average Bonchev–Trinajstić information content (AvgIpc) is 3.35. The van der Waals surface area contributed by atoms with Gasteiger partial charge in [-0.05, 0) is 34.9 Å². The van der Waals surface area contributed by atoms with Crippen molar-refractivity contribution in [3.63, 3.8) is 0 Å². The van der Waals surface area contributed by atoms with Crippen LogP contribution in [0.3, 0.4) is 0 Å². The first kappa shape index (κ1) is 16.2. The minimum absolute atomic E-state index is 0.0185. The number of hydrogen-bond donors (Lipinski definition) is 2. The molecule has 0 saturated heterocycles. The molecule has 0 fully saturated rings. The van der Waals surface area contributed by atoms with Gasteiger partial charge < -0.3 is 4.98 Å². The first-order chi connectivity index (χ1) is 12.8. The van der Waals surface area contributed by atoms with E-state index >= 15 is 0 Å². The highest BCUT2D eigenvalue weighted by Crippen LogP contribution is 2.22. The van der Waals surface area contributed by atoms with Gasteiger partial charge in [-0.3, -0.25) is 15.0 Å². The maximum Gasteiger partial charge on any atom is 0.127 e. The molecule has 4 rings (SSSR count). The van der Waals surface area contributed by atoms with Crippen LogP contribution in [0.1, 0.15) is 23.0 Å². The molecule has 0 aliphatic heterocycles. The van der Waals surface area contributed by atoms with Crippen molar-refractivity contribution in [2.45, 2.75) is 12.6 Å². The molecule has 1 unspecified atom stereocenters. The fourth-order valence-electron chi connectivity index (χ4n) is 3.01. The molecule has 1 atom stereocenters. The summed E-state index contributed by atoms with van der Waals surface area (Å²) in [6, 6.07) is 12.5. The van der Waals surface area contributed by atoms with Gasteiger partial charge in [0, 0.05) is 50.1 Å². The van der Waals surface area contributed by atoms with Crippen LogP contribution in [-0.4, -0.2) is 24.7 Å². The molecule has 0 spiro atoms. The molecule has 1 aromatic carbocycles. The van der Waals surface area contributed by atoms with E-state index in [1.54, 1.807) is 18.6 Å². The molecule has 0 bridgehead atoms. The predicted molar refractivity (Wildman–Crippen MR) is 100 cm³/mol. The number of imidazole rings is 1. The number of aromatic nitrogens is 5. The molecule has 0 aliphatic rings. The van der Waals surface area contributed by atoms with E-state index in [-0.39, 0.29) is 6.04 Å². The summed E-state index contributed by atoms with van der Waals surface area (Å²) in [6.07, 6.45) is 11.1. The number of rotatable bonds is 6. The van der Waals surface area contributed by atoms with E-state index < -0.39 is 0 Å². The van der Waals surface area contributed by atoms with Gasteiger partial charge in [-0.15, -0.1) is 0 Å². The highest BCUT2D eigenvalue weighted by atomic mass is 15.2. The van der Waals surface area contributed by atoms with E-state index in [2.05, 4.69) is 49.6 Å². The summed E-state index contributed by atoms with van der Waals surface area (Å²) < 4.78 is 1.82. The summed E-state index contributed by atoms with van der Waals surface area (Å²) in [6.45, 7) is 0.724. The fourth-order valence-corrected chi connectivity index (χ4v) is 3.01. The molecule has 3 heterocycles. The third kappa shape index (κ3) is 3.55. The second-order valence-electron chi connectivity index (χ2n) is 6.17. The van der Waals surface area contributed by atoms with Gasteiger partial charge in [0.05, 0.1) is 12.2 Å². The number of benzene rings is 1. The normalized spacial score (nSPS) is 12.2. The van der Waals surface area contributed by atoms with Crippen LogP contribution in [0.4, 0.5) is 0 Å². The zero-order chi connectivity index (χ0) is 17.8. The quantitative estimate of drug-likeness (QED) is 0.564. The van der Waals surface area contributed by atoms with E-state index in [1.807, 2.05) is 42.5 Å². The number of aromatic amines is 1.